The molecule has 0 bridgehead atoms. The summed E-state index contributed by atoms with van der Waals surface area (Å²) in [5.74, 6) is -0.780. The predicted molar refractivity (Wildman–Crippen MR) is 157 cm³/mol. The Morgan fingerprint density at radius 3 is 2.26 bits per heavy atom. The van der Waals surface area contributed by atoms with Crippen molar-refractivity contribution in [2.75, 3.05) is 23.7 Å². The zero-order valence-corrected chi connectivity index (χ0v) is 24.4. The lowest BCUT2D eigenvalue weighted by Crippen LogP contribution is -2.53. The maximum Gasteiger partial charge on any atom is 0.244 e. The molecule has 0 heterocycles. The lowest BCUT2D eigenvalue weighted by atomic mass is 10.0. The Labute approximate surface area is 236 Å². The van der Waals surface area contributed by atoms with E-state index in [0.717, 1.165) is 39.2 Å². The van der Waals surface area contributed by atoms with Gasteiger partial charge in [0.05, 0.1) is 11.9 Å². The number of anilines is 1. The SMILES string of the molecule is CCCNC(=O)[C@@H](Cc1ccccc1)N(Cc1cccc(C)c1)C(=O)CN(c1ccc(C)c(Cl)c1)S(C)(=O)=O. The van der Waals surface area contributed by atoms with Crippen LogP contribution in [-0.4, -0.2) is 50.5 Å². The first kappa shape index (κ1) is 30.2. The van der Waals surface area contributed by atoms with Crippen molar-refractivity contribution >= 4 is 39.1 Å². The molecule has 39 heavy (non-hydrogen) atoms. The highest BCUT2D eigenvalue weighted by atomic mass is 35.5. The molecule has 3 aromatic rings. The van der Waals surface area contributed by atoms with Gasteiger partial charge in [-0.1, -0.05) is 84.8 Å². The number of hydrogen-bond donors (Lipinski definition) is 1. The number of sulfonamides is 1. The van der Waals surface area contributed by atoms with Gasteiger partial charge < -0.3 is 10.2 Å². The highest BCUT2D eigenvalue weighted by Crippen LogP contribution is 2.26. The molecule has 2 amide bonds. The van der Waals surface area contributed by atoms with Crippen LogP contribution in [0.25, 0.3) is 0 Å². The Hall–Kier alpha value is -3.36. The van der Waals surface area contributed by atoms with Gasteiger partial charge in [-0.2, -0.15) is 0 Å². The topological polar surface area (TPSA) is 86.8 Å². The molecular formula is C30H36ClN3O4S. The zero-order valence-electron chi connectivity index (χ0n) is 22.9. The third-order valence-corrected chi connectivity index (χ3v) is 7.93. The smallest absolute Gasteiger partial charge is 0.244 e. The van der Waals surface area contributed by atoms with Crippen LogP contribution in [0.1, 0.15) is 35.6 Å². The number of hydrogen-bond acceptors (Lipinski definition) is 4. The van der Waals surface area contributed by atoms with Crippen molar-refractivity contribution in [2.45, 2.75) is 46.2 Å². The molecule has 7 nitrogen and oxygen atoms in total. The molecular weight excluding hydrogens is 534 g/mol. The summed E-state index contributed by atoms with van der Waals surface area (Å²) in [7, 11) is -3.85. The zero-order chi connectivity index (χ0) is 28.6. The average molecular weight is 570 g/mol. The van der Waals surface area contributed by atoms with Gasteiger partial charge in [0.15, 0.2) is 0 Å². The van der Waals surface area contributed by atoms with E-state index in [0.29, 0.717) is 11.6 Å². The Balaban J connectivity index is 2.05. The summed E-state index contributed by atoms with van der Waals surface area (Å²) in [4.78, 5) is 29.0. The molecule has 0 radical (unpaired) electrons. The average Bonchev–Trinajstić information content (AvgIpc) is 2.89. The minimum absolute atomic E-state index is 0.143. The van der Waals surface area contributed by atoms with Crippen LogP contribution < -0.4 is 9.62 Å². The van der Waals surface area contributed by atoms with Gasteiger partial charge in [0, 0.05) is 24.5 Å². The molecule has 208 valence electrons. The van der Waals surface area contributed by atoms with Crippen LogP contribution in [0.15, 0.2) is 72.8 Å². The van der Waals surface area contributed by atoms with Crippen LogP contribution in [0, 0.1) is 13.8 Å². The second-order valence-corrected chi connectivity index (χ2v) is 12.0. The second-order valence-electron chi connectivity index (χ2n) is 9.71. The second kappa shape index (κ2) is 13.6. The van der Waals surface area contributed by atoms with Crippen molar-refractivity contribution in [3.05, 3.63) is 100 Å². The summed E-state index contributed by atoms with van der Waals surface area (Å²) < 4.78 is 26.8. The molecule has 1 atom stereocenters. The molecule has 0 aliphatic carbocycles. The Morgan fingerprint density at radius 1 is 0.949 bits per heavy atom. The van der Waals surface area contributed by atoms with E-state index in [1.54, 1.807) is 12.1 Å². The maximum atomic E-state index is 14.0. The third kappa shape index (κ3) is 8.57. The fourth-order valence-corrected chi connectivity index (χ4v) is 5.29. The van der Waals surface area contributed by atoms with E-state index in [-0.39, 0.29) is 24.6 Å². The number of benzene rings is 3. The van der Waals surface area contributed by atoms with Gasteiger partial charge in [-0.25, -0.2) is 8.42 Å². The van der Waals surface area contributed by atoms with Gasteiger partial charge in [-0.05, 0) is 49.1 Å². The highest BCUT2D eigenvalue weighted by Gasteiger charge is 2.33. The van der Waals surface area contributed by atoms with E-state index in [2.05, 4.69) is 5.32 Å². The first-order chi connectivity index (χ1) is 18.5. The number of nitrogens with one attached hydrogen (secondary N) is 1. The quantitative estimate of drug-likeness (QED) is 0.336. The van der Waals surface area contributed by atoms with Crippen molar-refractivity contribution < 1.29 is 18.0 Å². The van der Waals surface area contributed by atoms with Crippen LogP contribution in [0.4, 0.5) is 5.69 Å². The summed E-state index contributed by atoms with van der Waals surface area (Å²) in [5, 5.41) is 3.33. The molecule has 3 aromatic carbocycles. The minimum atomic E-state index is -3.85. The number of amides is 2. The molecule has 0 aromatic heterocycles. The highest BCUT2D eigenvalue weighted by molar-refractivity contribution is 7.92. The van der Waals surface area contributed by atoms with Gasteiger partial charge >= 0.3 is 0 Å². The third-order valence-electron chi connectivity index (χ3n) is 6.38. The fourth-order valence-electron chi connectivity index (χ4n) is 4.28. The van der Waals surface area contributed by atoms with Gasteiger partial charge in [-0.15, -0.1) is 0 Å². The lowest BCUT2D eigenvalue weighted by molar-refractivity contribution is -0.140. The molecule has 1 N–H and O–H groups in total. The monoisotopic (exact) mass is 569 g/mol. The molecule has 0 aliphatic rings. The van der Waals surface area contributed by atoms with Crippen LogP contribution in [0.2, 0.25) is 5.02 Å². The van der Waals surface area contributed by atoms with E-state index >= 15 is 0 Å². The summed E-state index contributed by atoms with van der Waals surface area (Å²) in [6.45, 7) is 5.86. The summed E-state index contributed by atoms with van der Waals surface area (Å²) in [5.41, 5.74) is 3.82. The van der Waals surface area contributed by atoms with Crippen LogP contribution >= 0.6 is 11.6 Å². The standard InChI is InChI=1S/C30H36ClN3O4S/c1-5-16-32-30(36)28(18-24-11-7-6-8-12-24)33(20-25-13-9-10-22(2)17-25)29(35)21-34(39(4,37)38)26-15-14-23(3)27(31)19-26/h6-15,17,19,28H,5,16,18,20-21H2,1-4H3,(H,32,36)/t28-/m1/s1. The first-order valence-corrected chi connectivity index (χ1v) is 15.1. The minimum Gasteiger partial charge on any atom is -0.354 e. The summed E-state index contributed by atoms with van der Waals surface area (Å²) >= 11 is 6.29. The Bertz CT molecular complexity index is 1400. The number of carbonyl (C=O) groups excluding carboxylic acids is 2. The van der Waals surface area contributed by atoms with Gasteiger partial charge in [-0.3, -0.25) is 13.9 Å². The van der Waals surface area contributed by atoms with Crippen LogP contribution in [0.3, 0.4) is 0 Å². The van der Waals surface area contributed by atoms with Crippen molar-refractivity contribution in [2.24, 2.45) is 0 Å². The fraction of sp³-hybridized carbons (Fsp3) is 0.333. The van der Waals surface area contributed by atoms with Crippen LogP contribution in [0.5, 0.6) is 0 Å². The predicted octanol–water partition coefficient (Wildman–Crippen LogP) is 4.89. The van der Waals surface area contributed by atoms with Crippen molar-refractivity contribution in [1.82, 2.24) is 10.2 Å². The van der Waals surface area contributed by atoms with Gasteiger partial charge in [0.25, 0.3) is 0 Å². The first-order valence-electron chi connectivity index (χ1n) is 12.9. The Kier molecular flexibility index (Phi) is 10.5. The normalized spacial score (nSPS) is 12.0. The van der Waals surface area contributed by atoms with Crippen molar-refractivity contribution in [3.8, 4) is 0 Å². The van der Waals surface area contributed by atoms with Crippen molar-refractivity contribution in [3.63, 3.8) is 0 Å². The van der Waals surface area contributed by atoms with E-state index < -0.39 is 28.5 Å². The number of carbonyl (C=O) groups is 2. The maximum absolute atomic E-state index is 14.0. The van der Waals surface area contributed by atoms with Gasteiger partial charge in [0.2, 0.25) is 21.8 Å². The van der Waals surface area contributed by atoms with Crippen LogP contribution in [-0.2, 0) is 32.6 Å². The summed E-state index contributed by atoms with van der Waals surface area (Å²) in [6.07, 6.45) is 2.07. The lowest BCUT2D eigenvalue weighted by Gasteiger charge is -2.33. The number of halogens is 1. The molecule has 0 saturated heterocycles. The summed E-state index contributed by atoms with van der Waals surface area (Å²) in [6, 6.07) is 21.2. The molecule has 3 rings (SSSR count). The van der Waals surface area contributed by atoms with E-state index in [4.69, 9.17) is 11.6 Å². The molecule has 0 aliphatic heterocycles. The largest absolute Gasteiger partial charge is 0.354 e. The molecule has 9 heteroatoms. The van der Waals surface area contributed by atoms with E-state index in [1.165, 1.54) is 11.0 Å². The number of aryl methyl sites for hydroxylation is 2. The van der Waals surface area contributed by atoms with Gasteiger partial charge in [0.1, 0.15) is 12.6 Å². The van der Waals surface area contributed by atoms with E-state index in [9.17, 15) is 18.0 Å². The number of nitrogens with zero attached hydrogens (tertiary/aromatic N) is 2. The Morgan fingerprint density at radius 2 is 1.64 bits per heavy atom. The molecule has 0 unspecified atom stereocenters. The van der Waals surface area contributed by atoms with Crippen molar-refractivity contribution in [1.29, 1.82) is 0 Å². The van der Waals surface area contributed by atoms with E-state index in [1.807, 2.05) is 75.4 Å². The molecule has 0 fully saturated rings. The number of rotatable bonds is 12. The molecule has 0 saturated carbocycles. The molecule has 0 spiro atoms.